The molecule has 0 fully saturated rings. The van der Waals surface area contributed by atoms with Crippen LogP contribution >= 0.6 is 11.6 Å². The first-order valence-corrected chi connectivity index (χ1v) is 9.36. The highest BCUT2D eigenvalue weighted by Crippen LogP contribution is 2.22. The first kappa shape index (κ1) is 16.7. The van der Waals surface area contributed by atoms with E-state index in [0.29, 0.717) is 28.1 Å². The maximum atomic E-state index is 12.3. The van der Waals surface area contributed by atoms with E-state index in [4.69, 9.17) is 20.4 Å². The number of aryl methyl sites for hydroxylation is 2. The maximum absolute atomic E-state index is 12.3. The third-order valence-corrected chi connectivity index (χ3v) is 5.10. The van der Waals surface area contributed by atoms with E-state index in [9.17, 15) is 8.42 Å². The Balaban J connectivity index is 1.74. The van der Waals surface area contributed by atoms with Gasteiger partial charge in [0, 0.05) is 10.6 Å². The van der Waals surface area contributed by atoms with Crippen LogP contribution in [-0.2, 0) is 21.3 Å². The minimum Gasteiger partial charge on any atom is -0.445 e. The Morgan fingerprint density at radius 2 is 1.79 bits per heavy atom. The molecule has 0 aliphatic rings. The Labute approximate surface area is 144 Å². The summed E-state index contributed by atoms with van der Waals surface area (Å²) in [7, 11) is -3.47. The van der Waals surface area contributed by atoms with E-state index in [0.717, 1.165) is 5.56 Å². The molecular weight excluding hydrogens is 352 g/mol. The number of hydrogen-bond acceptors (Lipinski definition) is 6. The summed E-state index contributed by atoms with van der Waals surface area (Å²) in [5.74, 6) is 0.632. The van der Waals surface area contributed by atoms with Crippen LogP contribution in [-0.4, -0.2) is 18.4 Å². The number of aromatic nitrogens is 2. The second-order valence-corrected chi connectivity index (χ2v) is 7.93. The largest absolute Gasteiger partial charge is 0.445 e. The average molecular weight is 367 g/mol. The molecule has 0 aliphatic carbocycles. The highest BCUT2D eigenvalue weighted by atomic mass is 35.5. The molecule has 24 heavy (non-hydrogen) atoms. The van der Waals surface area contributed by atoms with Crippen molar-refractivity contribution < 1.29 is 17.3 Å². The van der Waals surface area contributed by atoms with Gasteiger partial charge in [0.2, 0.25) is 11.8 Å². The molecule has 8 heteroatoms. The topological polar surface area (TPSA) is 86.2 Å². The van der Waals surface area contributed by atoms with Gasteiger partial charge in [0.25, 0.3) is 0 Å². The molecule has 3 rings (SSSR count). The van der Waals surface area contributed by atoms with Crippen molar-refractivity contribution in [1.29, 1.82) is 0 Å². The number of oxazole rings is 2. The Kier molecular flexibility index (Phi) is 4.47. The van der Waals surface area contributed by atoms with Crippen molar-refractivity contribution >= 4 is 21.4 Å². The molecule has 0 unspecified atom stereocenters. The van der Waals surface area contributed by atoms with Crippen molar-refractivity contribution in [2.75, 3.05) is 0 Å². The zero-order chi connectivity index (χ0) is 17.3. The monoisotopic (exact) mass is 366 g/mol. The molecule has 2 aromatic heterocycles. The smallest absolute Gasteiger partial charge is 0.226 e. The zero-order valence-electron chi connectivity index (χ0n) is 13.1. The van der Waals surface area contributed by atoms with Gasteiger partial charge in [0.05, 0.1) is 17.1 Å². The number of sulfone groups is 1. The number of halogens is 1. The lowest BCUT2D eigenvalue weighted by molar-refractivity contribution is 0.483. The third-order valence-electron chi connectivity index (χ3n) is 3.43. The summed E-state index contributed by atoms with van der Waals surface area (Å²) in [6.07, 6.45) is 1.34. The van der Waals surface area contributed by atoms with Gasteiger partial charge in [-0.15, -0.1) is 0 Å². The fraction of sp³-hybridized carbons (Fsp3) is 0.250. The molecule has 0 amide bonds. The van der Waals surface area contributed by atoms with Crippen LogP contribution in [0.25, 0.3) is 11.5 Å². The predicted molar refractivity (Wildman–Crippen MR) is 89.3 cm³/mol. The van der Waals surface area contributed by atoms with Crippen LogP contribution < -0.4 is 0 Å². The SMILES string of the molecule is Cc1nc(CS(=O)(=O)Cc2coc(-c3ccc(Cl)cc3)n2)oc1C. The average Bonchev–Trinajstić information content (AvgIpc) is 3.06. The third kappa shape index (κ3) is 3.85. The van der Waals surface area contributed by atoms with Gasteiger partial charge in [-0.25, -0.2) is 18.4 Å². The van der Waals surface area contributed by atoms with E-state index in [-0.39, 0.29) is 17.4 Å². The lowest BCUT2D eigenvalue weighted by Crippen LogP contribution is -2.08. The Hall–Kier alpha value is -2.12. The van der Waals surface area contributed by atoms with Gasteiger partial charge >= 0.3 is 0 Å². The van der Waals surface area contributed by atoms with E-state index in [1.807, 2.05) is 0 Å². The first-order chi connectivity index (χ1) is 11.3. The van der Waals surface area contributed by atoms with Gasteiger partial charge < -0.3 is 8.83 Å². The lowest BCUT2D eigenvalue weighted by Gasteiger charge is -1.98. The van der Waals surface area contributed by atoms with E-state index in [1.165, 1.54) is 6.26 Å². The Morgan fingerprint density at radius 3 is 2.42 bits per heavy atom. The minimum absolute atomic E-state index is 0.186. The molecule has 2 heterocycles. The molecule has 0 N–H and O–H groups in total. The fourth-order valence-corrected chi connectivity index (χ4v) is 3.47. The standard InChI is InChI=1S/C16H15ClN2O4S/c1-10-11(2)23-15(18-10)9-24(20,21)8-14-7-22-16(19-14)12-3-5-13(17)6-4-12/h3-7H,8-9H2,1-2H3. The normalized spacial score (nSPS) is 11.8. The van der Waals surface area contributed by atoms with Gasteiger partial charge in [0.1, 0.15) is 17.8 Å². The molecular formula is C16H15ClN2O4S. The predicted octanol–water partition coefficient (Wildman–Crippen LogP) is 3.71. The molecule has 126 valence electrons. The molecule has 0 aliphatic heterocycles. The first-order valence-electron chi connectivity index (χ1n) is 7.16. The van der Waals surface area contributed by atoms with Crippen LogP contribution in [0.15, 0.2) is 39.4 Å². The number of benzene rings is 1. The highest BCUT2D eigenvalue weighted by Gasteiger charge is 2.20. The second-order valence-electron chi connectivity index (χ2n) is 5.43. The van der Waals surface area contributed by atoms with E-state index >= 15 is 0 Å². The van der Waals surface area contributed by atoms with Crippen molar-refractivity contribution in [3.8, 4) is 11.5 Å². The van der Waals surface area contributed by atoms with Gasteiger partial charge in [-0.05, 0) is 38.1 Å². The summed E-state index contributed by atoms with van der Waals surface area (Å²) in [5, 5.41) is 0.602. The van der Waals surface area contributed by atoms with Crippen molar-refractivity contribution in [2.45, 2.75) is 25.4 Å². The molecule has 0 spiro atoms. The van der Waals surface area contributed by atoms with Gasteiger partial charge in [-0.2, -0.15) is 0 Å². The molecule has 6 nitrogen and oxygen atoms in total. The number of hydrogen-bond donors (Lipinski definition) is 0. The summed E-state index contributed by atoms with van der Waals surface area (Å²) < 4.78 is 35.2. The number of nitrogens with zero attached hydrogens (tertiary/aromatic N) is 2. The molecule has 0 atom stereocenters. The van der Waals surface area contributed by atoms with Gasteiger partial charge in [-0.1, -0.05) is 11.6 Å². The van der Waals surface area contributed by atoms with Crippen LogP contribution in [0.5, 0.6) is 0 Å². The molecule has 0 radical (unpaired) electrons. The van der Waals surface area contributed by atoms with Crippen LogP contribution in [0.4, 0.5) is 0 Å². The fourth-order valence-electron chi connectivity index (χ4n) is 2.16. The summed E-state index contributed by atoms with van der Waals surface area (Å²) >= 11 is 5.84. The lowest BCUT2D eigenvalue weighted by atomic mass is 10.2. The number of rotatable bonds is 5. The van der Waals surface area contributed by atoms with Crippen molar-refractivity contribution in [3.05, 3.63) is 58.6 Å². The molecule has 3 aromatic rings. The molecule has 0 saturated carbocycles. The van der Waals surface area contributed by atoms with Crippen LogP contribution in [0.1, 0.15) is 23.0 Å². The quantitative estimate of drug-likeness (QED) is 0.684. The molecule has 0 saturated heterocycles. The van der Waals surface area contributed by atoms with E-state index in [1.54, 1.807) is 38.1 Å². The summed E-state index contributed by atoms with van der Waals surface area (Å²) in [5.41, 5.74) is 1.74. The second kappa shape index (κ2) is 6.41. The van der Waals surface area contributed by atoms with E-state index in [2.05, 4.69) is 9.97 Å². The molecule has 1 aromatic carbocycles. The maximum Gasteiger partial charge on any atom is 0.226 e. The summed E-state index contributed by atoms with van der Waals surface area (Å²) in [6.45, 7) is 3.51. The van der Waals surface area contributed by atoms with Gasteiger partial charge in [0.15, 0.2) is 9.84 Å². The van der Waals surface area contributed by atoms with Crippen molar-refractivity contribution in [1.82, 2.24) is 9.97 Å². The van der Waals surface area contributed by atoms with Crippen LogP contribution in [0, 0.1) is 13.8 Å². The Morgan fingerprint density at radius 1 is 1.08 bits per heavy atom. The van der Waals surface area contributed by atoms with Crippen LogP contribution in [0.2, 0.25) is 5.02 Å². The zero-order valence-corrected chi connectivity index (χ0v) is 14.7. The molecule has 0 bridgehead atoms. The van der Waals surface area contributed by atoms with Gasteiger partial charge in [-0.3, -0.25) is 0 Å². The Bertz CT molecular complexity index is 939. The van der Waals surface area contributed by atoms with Crippen molar-refractivity contribution in [2.24, 2.45) is 0 Å². The summed E-state index contributed by atoms with van der Waals surface area (Å²) in [4.78, 5) is 8.32. The van der Waals surface area contributed by atoms with Crippen LogP contribution in [0.3, 0.4) is 0 Å². The summed E-state index contributed by atoms with van der Waals surface area (Å²) in [6, 6.07) is 6.94. The minimum atomic E-state index is -3.47. The highest BCUT2D eigenvalue weighted by molar-refractivity contribution is 7.89. The van der Waals surface area contributed by atoms with E-state index < -0.39 is 9.84 Å². The van der Waals surface area contributed by atoms with Crippen molar-refractivity contribution in [3.63, 3.8) is 0 Å².